The predicted molar refractivity (Wildman–Crippen MR) is 95.8 cm³/mol. The van der Waals surface area contributed by atoms with Crippen LogP contribution in [0.4, 0.5) is 0 Å². The van der Waals surface area contributed by atoms with Crippen molar-refractivity contribution in [3.63, 3.8) is 0 Å². The van der Waals surface area contributed by atoms with Crippen LogP contribution >= 0.6 is 0 Å². The van der Waals surface area contributed by atoms with Crippen LogP contribution in [0.2, 0.25) is 0 Å². The molecule has 2 N–H and O–H groups in total. The minimum Gasteiger partial charge on any atom is -0.319 e. The Morgan fingerprint density at radius 3 is 2.87 bits per heavy atom. The Bertz CT molecular complexity index is 698. The summed E-state index contributed by atoms with van der Waals surface area (Å²) in [6, 6.07) is 7.65. The second-order valence-corrected chi connectivity index (χ2v) is 6.00. The van der Waals surface area contributed by atoms with E-state index in [0.29, 0.717) is 17.7 Å². The van der Waals surface area contributed by atoms with Crippen molar-refractivity contribution in [1.29, 1.82) is 5.41 Å². The maximum atomic E-state index is 8.11. The van der Waals surface area contributed by atoms with Gasteiger partial charge in [-0.25, -0.2) is 0 Å². The van der Waals surface area contributed by atoms with E-state index in [1.165, 1.54) is 4.68 Å². The minimum absolute atomic E-state index is 0.305. The summed E-state index contributed by atoms with van der Waals surface area (Å²) in [7, 11) is 1.99. The molecule has 5 nitrogen and oxygen atoms in total. The highest BCUT2D eigenvalue weighted by atomic mass is 15.4. The molecule has 0 saturated carbocycles. The van der Waals surface area contributed by atoms with Crippen LogP contribution in [0.1, 0.15) is 20.3 Å². The summed E-state index contributed by atoms with van der Waals surface area (Å²) in [6.07, 6.45) is 8.95. The van der Waals surface area contributed by atoms with E-state index >= 15 is 0 Å². The molecule has 0 saturated heterocycles. The average Bonchev–Trinajstić information content (AvgIpc) is 2.95. The summed E-state index contributed by atoms with van der Waals surface area (Å²) in [5.74, 6) is 1.48. The maximum absolute atomic E-state index is 8.11. The number of fused-ring (bicyclic) bond motifs is 1. The van der Waals surface area contributed by atoms with Gasteiger partial charge >= 0.3 is 0 Å². The fourth-order valence-electron chi connectivity index (χ4n) is 2.66. The molecule has 0 radical (unpaired) electrons. The SMILES string of the molecule is CNCC(C)CC(C)/C=C/C=C\C(=N)n1nnc2ccccc21. The van der Waals surface area contributed by atoms with Crippen molar-refractivity contribution in [3.8, 4) is 0 Å². The molecule has 5 heteroatoms. The third-order valence-corrected chi connectivity index (χ3v) is 3.71. The van der Waals surface area contributed by atoms with E-state index < -0.39 is 0 Å². The van der Waals surface area contributed by atoms with E-state index in [1.807, 2.05) is 43.5 Å². The average molecular weight is 311 g/mol. The van der Waals surface area contributed by atoms with Crippen LogP contribution in [-0.4, -0.2) is 34.4 Å². The zero-order chi connectivity index (χ0) is 16.7. The van der Waals surface area contributed by atoms with Crippen LogP contribution < -0.4 is 5.32 Å². The van der Waals surface area contributed by atoms with Crippen molar-refractivity contribution in [2.75, 3.05) is 13.6 Å². The smallest absolute Gasteiger partial charge is 0.148 e. The lowest BCUT2D eigenvalue weighted by Crippen LogP contribution is -2.17. The first-order chi connectivity index (χ1) is 11.1. The summed E-state index contributed by atoms with van der Waals surface area (Å²) in [4.78, 5) is 0. The van der Waals surface area contributed by atoms with Crippen molar-refractivity contribution in [3.05, 3.63) is 48.6 Å². The number of nitrogens with zero attached hydrogens (tertiary/aromatic N) is 3. The zero-order valence-electron chi connectivity index (χ0n) is 14.0. The molecular formula is C18H25N5. The highest BCUT2D eigenvalue weighted by Gasteiger charge is 2.06. The standard InChI is InChI=1S/C18H25N5/c1-14(12-15(2)13-20-3)8-4-7-11-18(19)23-17-10-6-5-9-16(17)21-22-23/h4-11,14-15,19-20H,12-13H2,1-3H3/b8-4+,11-7-,19-18?. The topological polar surface area (TPSA) is 66.6 Å². The summed E-state index contributed by atoms with van der Waals surface area (Å²) >= 11 is 0. The molecule has 0 amide bonds. The Morgan fingerprint density at radius 1 is 1.30 bits per heavy atom. The van der Waals surface area contributed by atoms with Crippen LogP contribution in [0.25, 0.3) is 11.0 Å². The lowest BCUT2D eigenvalue weighted by atomic mass is 9.97. The molecule has 1 aromatic heterocycles. The van der Waals surface area contributed by atoms with E-state index in [-0.39, 0.29) is 0 Å². The molecule has 2 unspecified atom stereocenters. The van der Waals surface area contributed by atoms with Gasteiger partial charge < -0.3 is 5.32 Å². The number of para-hydroxylation sites is 1. The Hall–Kier alpha value is -2.27. The zero-order valence-corrected chi connectivity index (χ0v) is 14.0. The maximum Gasteiger partial charge on any atom is 0.148 e. The van der Waals surface area contributed by atoms with Crippen LogP contribution in [0.3, 0.4) is 0 Å². The normalized spacial score (nSPS) is 14.7. The van der Waals surface area contributed by atoms with Gasteiger partial charge in [0.05, 0.1) is 5.52 Å². The molecule has 1 aromatic carbocycles. The highest BCUT2D eigenvalue weighted by Crippen LogP contribution is 2.12. The monoisotopic (exact) mass is 311 g/mol. The molecule has 0 aliphatic rings. The molecule has 122 valence electrons. The second kappa shape index (κ2) is 8.39. The van der Waals surface area contributed by atoms with Gasteiger partial charge in [0.1, 0.15) is 11.4 Å². The van der Waals surface area contributed by atoms with Gasteiger partial charge in [-0.3, -0.25) is 5.41 Å². The van der Waals surface area contributed by atoms with Crippen molar-refractivity contribution in [2.24, 2.45) is 11.8 Å². The number of nitrogens with one attached hydrogen (secondary N) is 2. The summed E-state index contributed by atoms with van der Waals surface area (Å²) in [5.41, 5.74) is 1.65. The number of aromatic nitrogens is 3. The lowest BCUT2D eigenvalue weighted by molar-refractivity contribution is 0.450. The Kier molecular flexibility index (Phi) is 6.23. The second-order valence-electron chi connectivity index (χ2n) is 6.00. The van der Waals surface area contributed by atoms with Crippen molar-refractivity contribution >= 4 is 16.9 Å². The van der Waals surface area contributed by atoms with Gasteiger partial charge in [0.15, 0.2) is 0 Å². The molecule has 0 spiro atoms. The third kappa shape index (κ3) is 4.86. The minimum atomic E-state index is 0.305. The van der Waals surface area contributed by atoms with Crippen LogP contribution in [0.5, 0.6) is 0 Å². The number of allylic oxidation sites excluding steroid dienone is 4. The number of hydrogen-bond acceptors (Lipinski definition) is 4. The molecule has 1 heterocycles. The first-order valence-electron chi connectivity index (χ1n) is 8.00. The first kappa shape index (κ1) is 17.1. The number of hydrogen-bond donors (Lipinski definition) is 2. The van der Waals surface area contributed by atoms with E-state index in [0.717, 1.165) is 24.0 Å². The van der Waals surface area contributed by atoms with Gasteiger partial charge in [-0.05, 0) is 50.1 Å². The highest BCUT2D eigenvalue weighted by molar-refractivity contribution is 5.97. The molecule has 0 bridgehead atoms. The van der Waals surface area contributed by atoms with Gasteiger partial charge in [0.2, 0.25) is 0 Å². The molecule has 2 rings (SSSR count). The fourth-order valence-corrected chi connectivity index (χ4v) is 2.66. The van der Waals surface area contributed by atoms with Gasteiger partial charge in [0, 0.05) is 0 Å². The van der Waals surface area contributed by atoms with Gasteiger partial charge in [-0.2, -0.15) is 4.68 Å². The number of rotatable bonds is 7. The number of benzene rings is 1. The van der Waals surface area contributed by atoms with E-state index in [9.17, 15) is 0 Å². The summed E-state index contributed by atoms with van der Waals surface area (Å²) in [6.45, 7) is 5.51. The summed E-state index contributed by atoms with van der Waals surface area (Å²) in [5, 5.41) is 19.4. The molecule has 0 aliphatic carbocycles. The fraction of sp³-hybridized carbons (Fsp3) is 0.389. The molecule has 0 aliphatic heterocycles. The van der Waals surface area contributed by atoms with Crippen molar-refractivity contribution < 1.29 is 0 Å². The molecule has 0 fully saturated rings. The molecule has 23 heavy (non-hydrogen) atoms. The summed E-state index contributed by atoms with van der Waals surface area (Å²) < 4.78 is 1.54. The van der Waals surface area contributed by atoms with E-state index in [4.69, 9.17) is 5.41 Å². The van der Waals surface area contributed by atoms with Gasteiger partial charge in [-0.1, -0.05) is 49.4 Å². The van der Waals surface area contributed by atoms with Crippen molar-refractivity contribution in [2.45, 2.75) is 20.3 Å². The molecule has 2 aromatic rings. The van der Waals surface area contributed by atoms with Crippen LogP contribution in [0.15, 0.2) is 48.6 Å². The largest absolute Gasteiger partial charge is 0.319 e. The van der Waals surface area contributed by atoms with Crippen molar-refractivity contribution in [1.82, 2.24) is 20.3 Å². The molecule has 2 atom stereocenters. The van der Waals surface area contributed by atoms with Crippen LogP contribution in [-0.2, 0) is 0 Å². The lowest BCUT2D eigenvalue weighted by Gasteiger charge is -2.13. The van der Waals surface area contributed by atoms with Gasteiger partial charge in [0.25, 0.3) is 0 Å². The van der Waals surface area contributed by atoms with E-state index in [1.54, 1.807) is 6.08 Å². The van der Waals surface area contributed by atoms with Gasteiger partial charge in [-0.15, -0.1) is 5.10 Å². The Balaban J connectivity index is 1.92. The molecular weight excluding hydrogens is 286 g/mol. The predicted octanol–water partition coefficient (Wildman–Crippen LogP) is 3.25. The van der Waals surface area contributed by atoms with E-state index in [2.05, 4.69) is 35.6 Å². The Morgan fingerprint density at radius 2 is 2.09 bits per heavy atom. The first-order valence-corrected chi connectivity index (χ1v) is 8.00. The Labute approximate surface area is 137 Å². The van der Waals surface area contributed by atoms with Crippen LogP contribution in [0, 0.1) is 17.2 Å². The third-order valence-electron chi connectivity index (χ3n) is 3.71. The quantitative estimate of drug-likeness (QED) is 0.468.